The van der Waals surface area contributed by atoms with Crippen LogP contribution >= 0.6 is 15.9 Å². The first-order valence-electron chi connectivity index (χ1n) is 13.0. The van der Waals surface area contributed by atoms with Crippen LogP contribution in [-0.4, -0.2) is 57.3 Å². The second kappa shape index (κ2) is 12.6. The number of hydrogen-bond acceptors (Lipinski definition) is 8. The van der Waals surface area contributed by atoms with Crippen molar-refractivity contribution in [1.82, 2.24) is 19.3 Å². The minimum Gasteiger partial charge on any atom is -0.480 e. The topological polar surface area (TPSA) is 124 Å². The van der Waals surface area contributed by atoms with E-state index < -0.39 is 34.0 Å². The molecule has 0 saturated carbocycles. The summed E-state index contributed by atoms with van der Waals surface area (Å²) in [4.78, 5) is 12.7. The maximum Gasteiger partial charge on any atom is 0.388 e. The van der Waals surface area contributed by atoms with Gasteiger partial charge in [-0.15, -0.1) is 5.10 Å². The summed E-state index contributed by atoms with van der Waals surface area (Å²) in [5, 5.41) is 19.1. The lowest BCUT2D eigenvalue weighted by Crippen LogP contribution is -2.35. The molecule has 10 nitrogen and oxygen atoms in total. The summed E-state index contributed by atoms with van der Waals surface area (Å²) in [6.45, 7) is 5.78. The number of benzene rings is 2. The number of carbonyl (C=O) groups excluding carboxylic acids is 1. The van der Waals surface area contributed by atoms with Crippen LogP contribution in [0.3, 0.4) is 0 Å². The number of alkyl halides is 1. The summed E-state index contributed by atoms with van der Waals surface area (Å²) in [6.07, 6.45) is 3.10. The molecule has 1 aliphatic rings. The number of aromatic nitrogens is 3. The fourth-order valence-electron chi connectivity index (χ4n) is 4.80. The number of ether oxygens (including phenoxy) is 1. The van der Waals surface area contributed by atoms with Crippen molar-refractivity contribution in [2.45, 2.75) is 59.0 Å². The first-order chi connectivity index (χ1) is 19.1. The first kappa shape index (κ1) is 29.9. The molecule has 0 spiro atoms. The van der Waals surface area contributed by atoms with Crippen LogP contribution in [-0.2, 0) is 37.1 Å². The molecule has 0 aliphatic carbocycles. The Balaban J connectivity index is 1.76. The highest BCUT2D eigenvalue weighted by Gasteiger charge is 2.31. The summed E-state index contributed by atoms with van der Waals surface area (Å²) in [6, 6.07) is 6.89. The fourth-order valence-corrected chi connectivity index (χ4v) is 6.14. The number of esters is 1. The van der Waals surface area contributed by atoms with Gasteiger partial charge in [-0.1, -0.05) is 33.3 Å². The second-order valence-electron chi connectivity index (χ2n) is 9.58. The van der Waals surface area contributed by atoms with Gasteiger partial charge >= 0.3 is 16.3 Å². The molecule has 1 aliphatic heterocycles. The number of fused-ring (bicyclic) bond motifs is 1. The molecule has 3 aromatic rings. The summed E-state index contributed by atoms with van der Waals surface area (Å²) >= 11 is 3.44. The SMILES string of the molecule is CCOC(=O)CC(c1cc(F)c(C)c(CN2CC=C(O)OS2(=O)=O)c1)c1ccc2c(nnn2CCCCBr)c1C. The minimum atomic E-state index is -4.25. The van der Waals surface area contributed by atoms with E-state index in [0.29, 0.717) is 16.6 Å². The fraction of sp³-hybridized carbons (Fsp3) is 0.444. The predicted octanol–water partition coefficient (Wildman–Crippen LogP) is 4.92. The van der Waals surface area contributed by atoms with Gasteiger partial charge in [-0.25, -0.2) is 9.07 Å². The van der Waals surface area contributed by atoms with Crippen molar-refractivity contribution in [1.29, 1.82) is 0 Å². The van der Waals surface area contributed by atoms with Gasteiger partial charge in [-0.05, 0) is 73.6 Å². The van der Waals surface area contributed by atoms with Crippen molar-refractivity contribution in [2.75, 3.05) is 18.5 Å². The Morgan fingerprint density at radius 1 is 1.25 bits per heavy atom. The van der Waals surface area contributed by atoms with Crippen molar-refractivity contribution in [3.8, 4) is 0 Å². The van der Waals surface area contributed by atoms with Crippen molar-refractivity contribution in [2.24, 2.45) is 0 Å². The Hall–Kier alpha value is -3.03. The molecule has 1 unspecified atom stereocenters. The highest BCUT2D eigenvalue weighted by atomic mass is 79.9. The molecular weight excluding hydrogens is 607 g/mol. The van der Waals surface area contributed by atoms with Crippen molar-refractivity contribution in [3.63, 3.8) is 0 Å². The number of carbonyl (C=O) groups is 1. The standard InChI is InChI=1S/C27H32BrFN4O6S/c1-4-38-26(35)15-22(21-7-8-24-27(18(21)3)30-31-33(24)11-6-5-10-28)19-13-20(17(2)23(29)14-19)16-32-12-9-25(34)39-40(32,36)37/h7-9,13-14,22,34H,4-6,10-12,15-16H2,1-3H3. The molecular formula is C27H32BrFN4O6S. The molecule has 2 heterocycles. The summed E-state index contributed by atoms with van der Waals surface area (Å²) in [5.74, 6) is -2.27. The van der Waals surface area contributed by atoms with Crippen molar-refractivity contribution < 1.29 is 31.6 Å². The van der Waals surface area contributed by atoms with Gasteiger partial charge in [0.2, 0.25) is 0 Å². The largest absolute Gasteiger partial charge is 0.480 e. The maximum atomic E-state index is 15.3. The molecule has 4 rings (SSSR count). The van der Waals surface area contributed by atoms with Crippen molar-refractivity contribution >= 4 is 43.2 Å². The number of aliphatic hydroxyl groups excluding tert-OH is 1. The lowest BCUT2D eigenvalue weighted by atomic mass is 9.84. The van der Waals surface area contributed by atoms with E-state index in [1.54, 1.807) is 19.9 Å². The van der Waals surface area contributed by atoms with Gasteiger partial charge in [0.1, 0.15) is 11.3 Å². The zero-order chi connectivity index (χ0) is 29.0. The number of unbranched alkanes of at least 4 members (excludes halogenated alkanes) is 1. The van der Waals surface area contributed by atoms with Gasteiger partial charge in [0.05, 0.1) is 18.5 Å². The van der Waals surface area contributed by atoms with Crippen LogP contribution in [0.4, 0.5) is 4.39 Å². The molecule has 1 atom stereocenters. The van der Waals surface area contributed by atoms with Crippen LogP contribution < -0.4 is 0 Å². The third-order valence-electron chi connectivity index (χ3n) is 6.99. The zero-order valence-electron chi connectivity index (χ0n) is 22.6. The van der Waals surface area contributed by atoms with Gasteiger partial charge in [-0.2, -0.15) is 12.7 Å². The minimum absolute atomic E-state index is 0.0523. The van der Waals surface area contributed by atoms with E-state index in [1.807, 2.05) is 23.7 Å². The molecule has 0 bridgehead atoms. The monoisotopic (exact) mass is 638 g/mol. The molecule has 40 heavy (non-hydrogen) atoms. The lowest BCUT2D eigenvalue weighted by molar-refractivity contribution is -0.143. The average molecular weight is 640 g/mol. The molecule has 216 valence electrons. The van der Waals surface area contributed by atoms with Crippen LogP contribution in [0.2, 0.25) is 0 Å². The van der Waals surface area contributed by atoms with Crippen LogP contribution in [0.15, 0.2) is 36.3 Å². The van der Waals surface area contributed by atoms with E-state index in [0.717, 1.165) is 45.7 Å². The number of halogens is 2. The molecule has 0 radical (unpaired) electrons. The Morgan fingerprint density at radius 3 is 2.73 bits per heavy atom. The first-order valence-corrected chi connectivity index (χ1v) is 15.5. The van der Waals surface area contributed by atoms with E-state index in [1.165, 1.54) is 12.1 Å². The number of hydrogen-bond donors (Lipinski definition) is 1. The Bertz CT molecular complexity index is 1540. The Morgan fingerprint density at radius 2 is 2.02 bits per heavy atom. The van der Waals surface area contributed by atoms with Crippen LogP contribution in [0, 0.1) is 19.7 Å². The van der Waals surface area contributed by atoms with Crippen molar-refractivity contribution in [3.05, 3.63) is 69.9 Å². The quantitative estimate of drug-likeness (QED) is 0.178. The molecule has 1 aromatic heterocycles. The molecule has 0 fully saturated rings. The molecule has 0 amide bonds. The van der Waals surface area contributed by atoms with Crippen LogP contribution in [0.1, 0.15) is 59.9 Å². The highest BCUT2D eigenvalue weighted by molar-refractivity contribution is 9.09. The van der Waals surface area contributed by atoms with E-state index in [2.05, 4.69) is 30.4 Å². The third kappa shape index (κ3) is 6.47. The third-order valence-corrected chi connectivity index (χ3v) is 8.84. The van der Waals surface area contributed by atoms with Crippen LogP contribution in [0.5, 0.6) is 0 Å². The van der Waals surface area contributed by atoms with E-state index in [4.69, 9.17) is 4.74 Å². The summed E-state index contributed by atoms with van der Waals surface area (Å²) < 4.78 is 52.9. The average Bonchev–Trinajstić information content (AvgIpc) is 3.31. The number of aliphatic hydroxyl groups is 1. The number of nitrogens with zero attached hydrogens (tertiary/aromatic N) is 4. The normalized spacial score (nSPS) is 16.0. The maximum absolute atomic E-state index is 15.3. The molecule has 0 saturated heterocycles. The predicted molar refractivity (Wildman–Crippen MR) is 151 cm³/mol. The Labute approximate surface area is 241 Å². The van der Waals surface area contributed by atoms with E-state index in [-0.39, 0.29) is 31.7 Å². The second-order valence-corrected chi connectivity index (χ2v) is 11.9. The van der Waals surface area contributed by atoms with E-state index >= 15 is 4.39 Å². The van der Waals surface area contributed by atoms with Gasteiger partial charge in [0.15, 0.2) is 0 Å². The van der Waals surface area contributed by atoms with E-state index in [9.17, 15) is 18.3 Å². The van der Waals surface area contributed by atoms with Crippen LogP contribution in [0.25, 0.3) is 11.0 Å². The Kier molecular flexibility index (Phi) is 9.47. The molecule has 1 N–H and O–H groups in total. The zero-order valence-corrected chi connectivity index (χ0v) is 25.0. The lowest BCUT2D eigenvalue weighted by Gasteiger charge is -2.25. The highest BCUT2D eigenvalue weighted by Crippen LogP contribution is 2.36. The van der Waals surface area contributed by atoms with Gasteiger partial charge in [0, 0.05) is 37.0 Å². The summed E-state index contributed by atoms with van der Waals surface area (Å²) in [5.41, 5.74) is 4.31. The van der Waals surface area contributed by atoms with Gasteiger partial charge in [-0.3, -0.25) is 4.79 Å². The van der Waals surface area contributed by atoms with Gasteiger partial charge in [0.25, 0.3) is 5.95 Å². The van der Waals surface area contributed by atoms with Gasteiger partial charge < -0.3 is 14.0 Å². The summed E-state index contributed by atoms with van der Waals surface area (Å²) in [7, 11) is -4.25. The number of rotatable bonds is 11. The number of aryl methyl sites for hydroxylation is 2. The molecule has 2 aromatic carbocycles. The molecule has 13 heteroatoms. The smallest absolute Gasteiger partial charge is 0.388 e.